The summed E-state index contributed by atoms with van der Waals surface area (Å²) in [5.74, 6) is -0.656. The van der Waals surface area contributed by atoms with Crippen molar-refractivity contribution in [2.24, 2.45) is 5.92 Å². The van der Waals surface area contributed by atoms with Gasteiger partial charge in [0.25, 0.3) is 5.92 Å². The van der Waals surface area contributed by atoms with E-state index in [9.17, 15) is 13.6 Å². The van der Waals surface area contributed by atoms with Gasteiger partial charge in [0.1, 0.15) is 0 Å². The Kier molecular flexibility index (Phi) is 8.15. The number of unbranched alkanes of at least 4 members (excludes halogenated alkanes) is 1. The number of quaternary nitrogens is 1. The lowest BCUT2D eigenvalue weighted by Gasteiger charge is -2.48. The van der Waals surface area contributed by atoms with Crippen LogP contribution in [-0.4, -0.2) is 94.7 Å². The summed E-state index contributed by atoms with van der Waals surface area (Å²) < 4.78 is 34.9. The lowest BCUT2D eigenvalue weighted by atomic mass is 9.90. The van der Waals surface area contributed by atoms with Crippen LogP contribution in [0.15, 0.2) is 4.52 Å². The highest BCUT2D eigenvalue weighted by atomic mass is 19.3. The maximum atomic E-state index is 14.1. The number of piperidine rings is 2. The topological polar surface area (TPSA) is 62.5 Å². The number of hydrogen-bond donors (Lipinski definition) is 0. The SMILES string of the molecule is CCCC[N+]1(CC)CC(c2nc(C3CCN(C(=O)C(C)C)CC3)no2)CC(N2CCC(F)(F)C2)C1. The molecule has 0 aliphatic carbocycles. The van der Waals surface area contributed by atoms with E-state index in [0.29, 0.717) is 12.4 Å². The molecule has 3 atom stereocenters. The molecule has 0 bridgehead atoms. The predicted octanol–water partition coefficient (Wildman–Crippen LogP) is 4.27. The van der Waals surface area contributed by atoms with Crippen molar-refractivity contribution in [1.29, 1.82) is 0 Å². The lowest BCUT2D eigenvalue weighted by molar-refractivity contribution is -0.934. The Labute approximate surface area is 208 Å². The molecule has 0 N–H and O–H groups in total. The van der Waals surface area contributed by atoms with Crippen LogP contribution in [0.2, 0.25) is 0 Å². The van der Waals surface area contributed by atoms with Gasteiger partial charge in [-0.15, -0.1) is 0 Å². The van der Waals surface area contributed by atoms with E-state index in [1.54, 1.807) is 0 Å². The number of halogens is 2. The molecule has 4 heterocycles. The number of rotatable bonds is 8. The molecule has 3 fully saturated rings. The minimum Gasteiger partial charge on any atom is -0.342 e. The van der Waals surface area contributed by atoms with Crippen LogP contribution in [0.3, 0.4) is 0 Å². The summed E-state index contributed by atoms with van der Waals surface area (Å²) in [6, 6.07) is 0.111. The number of amides is 1. The molecule has 1 aromatic rings. The summed E-state index contributed by atoms with van der Waals surface area (Å²) in [5.41, 5.74) is 0. The maximum Gasteiger partial charge on any atom is 0.261 e. The molecule has 0 radical (unpaired) electrons. The van der Waals surface area contributed by atoms with Crippen molar-refractivity contribution in [2.75, 3.05) is 52.4 Å². The summed E-state index contributed by atoms with van der Waals surface area (Å²) in [6.07, 6.45) is 4.70. The summed E-state index contributed by atoms with van der Waals surface area (Å²) in [4.78, 5) is 21.2. The van der Waals surface area contributed by atoms with Gasteiger partial charge in [-0.1, -0.05) is 32.3 Å². The van der Waals surface area contributed by atoms with Gasteiger partial charge in [-0.25, -0.2) is 8.78 Å². The number of hydrogen-bond acceptors (Lipinski definition) is 5. The Balaban J connectivity index is 1.47. The van der Waals surface area contributed by atoms with Gasteiger partial charge in [-0.2, -0.15) is 4.98 Å². The third kappa shape index (κ3) is 6.04. The molecule has 35 heavy (non-hydrogen) atoms. The van der Waals surface area contributed by atoms with Gasteiger partial charge in [0.15, 0.2) is 5.82 Å². The first-order valence-corrected chi connectivity index (χ1v) is 13.7. The van der Waals surface area contributed by atoms with Crippen LogP contribution in [0.4, 0.5) is 8.78 Å². The Morgan fingerprint density at radius 1 is 1.17 bits per heavy atom. The number of carbonyl (C=O) groups is 1. The molecule has 9 heteroatoms. The minimum absolute atomic E-state index is 0.0165. The molecule has 3 aliphatic heterocycles. The lowest BCUT2D eigenvalue weighted by Crippen LogP contribution is -2.61. The monoisotopic (exact) mass is 496 g/mol. The standard InChI is InChI=1S/C26H44F2N5O2/c1-5-7-14-33(6-2)16-21(15-22(17-33)32-13-10-26(27,28)18-32)24-29-23(30-35-24)20-8-11-31(12-9-20)25(34)19(3)4/h19-22H,5-18H2,1-4H3/q+1. The molecule has 0 saturated carbocycles. The highest BCUT2D eigenvalue weighted by Crippen LogP contribution is 2.38. The summed E-state index contributed by atoms with van der Waals surface area (Å²) >= 11 is 0. The zero-order valence-electron chi connectivity index (χ0n) is 22.0. The quantitative estimate of drug-likeness (QED) is 0.503. The smallest absolute Gasteiger partial charge is 0.261 e. The fourth-order valence-corrected chi connectivity index (χ4v) is 6.38. The molecule has 7 nitrogen and oxygen atoms in total. The second-order valence-corrected chi connectivity index (χ2v) is 11.5. The number of nitrogens with zero attached hydrogens (tertiary/aromatic N) is 5. The summed E-state index contributed by atoms with van der Waals surface area (Å²) in [6.45, 7) is 14.0. The van der Waals surface area contributed by atoms with Crippen molar-refractivity contribution >= 4 is 5.91 Å². The first kappa shape index (κ1) is 26.5. The van der Waals surface area contributed by atoms with Gasteiger partial charge in [0, 0.05) is 37.9 Å². The molecule has 3 saturated heterocycles. The van der Waals surface area contributed by atoms with Gasteiger partial charge < -0.3 is 13.9 Å². The number of likely N-dealkylation sites (tertiary alicyclic amines) is 3. The average Bonchev–Trinajstić information content (AvgIpc) is 3.49. The largest absolute Gasteiger partial charge is 0.342 e. The highest BCUT2D eigenvalue weighted by molar-refractivity contribution is 5.78. The zero-order valence-corrected chi connectivity index (χ0v) is 22.0. The average molecular weight is 497 g/mol. The number of carbonyl (C=O) groups excluding carboxylic acids is 1. The first-order chi connectivity index (χ1) is 16.6. The van der Waals surface area contributed by atoms with E-state index in [4.69, 9.17) is 9.51 Å². The molecular weight excluding hydrogens is 452 g/mol. The second-order valence-electron chi connectivity index (χ2n) is 11.5. The van der Waals surface area contributed by atoms with Crippen molar-refractivity contribution < 1.29 is 22.6 Å². The molecule has 1 amide bonds. The van der Waals surface area contributed by atoms with E-state index in [-0.39, 0.29) is 42.7 Å². The second kappa shape index (κ2) is 10.8. The van der Waals surface area contributed by atoms with E-state index >= 15 is 0 Å². The molecule has 3 aliphatic rings. The molecule has 0 spiro atoms. The number of likely N-dealkylation sites (N-methyl/N-ethyl adjacent to an activating group) is 1. The van der Waals surface area contributed by atoms with E-state index in [1.165, 1.54) is 0 Å². The zero-order chi connectivity index (χ0) is 25.2. The molecule has 4 rings (SSSR count). The van der Waals surface area contributed by atoms with Crippen molar-refractivity contribution in [3.8, 4) is 0 Å². The molecular formula is C26H44F2N5O2+. The Bertz CT molecular complexity index is 855. The molecule has 1 aromatic heterocycles. The summed E-state index contributed by atoms with van der Waals surface area (Å²) in [7, 11) is 0. The van der Waals surface area contributed by atoms with E-state index in [0.717, 1.165) is 81.7 Å². The van der Waals surface area contributed by atoms with E-state index in [2.05, 4.69) is 19.0 Å². The van der Waals surface area contributed by atoms with Crippen molar-refractivity contribution in [2.45, 2.75) is 90.0 Å². The van der Waals surface area contributed by atoms with Crippen LogP contribution < -0.4 is 0 Å². The van der Waals surface area contributed by atoms with Gasteiger partial charge >= 0.3 is 0 Å². The van der Waals surface area contributed by atoms with Gasteiger partial charge in [0.2, 0.25) is 11.8 Å². The normalized spacial score (nSPS) is 30.3. The first-order valence-electron chi connectivity index (χ1n) is 13.7. The maximum absolute atomic E-state index is 14.1. The fraction of sp³-hybridized carbons (Fsp3) is 0.885. The van der Waals surface area contributed by atoms with Crippen LogP contribution in [0.1, 0.15) is 89.8 Å². The Hall–Kier alpha value is -1.61. The van der Waals surface area contributed by atoms with Gasteiger partial charge in [-0.05, 0) is 32.6 Å². The van der Waals surface area contributed by atoms with Crippen molar-refractivity contribution in [1.82, 2.24) is 19.9 Å². The Morgan fingerprint density at radius 2 is 1.91 bits per heavy atom. The Morgan fingerprint density at radius 3 is 2.51 bits per heavy atom. The minimum atomic E-state index is -2.58. The predicted molar refractivity (Wildman–Crippen MR) is 130 cm³/mol. The van der Waals surface area contributed by atoms with Crippen LogP contribution in [-0.2, 0) is 4.79 Å². The van der Waals surface area contributed by atoms with Crippen LogP contribution in [0, 0.1) is 5.92 Å². The van der Waals surface area contributed by atoms with Crippen LogP contribution >= 0.6 is 0 Å². The van der Waals surface area contributed by atoms with Crippen LogP contribution in [0.5, 0.6) is 0 Å². The number of alkyl halides is 2. The highest BCUT2D eigenvalue weighted by Gasteiger charge is 2.48. The van der Waals surface area contributed by atoms with Crippen molar-refractivity contribution in [3.63, 3.8) is 0 Å². The van der Waals surface area contributed by atoms with Crippen molar-refractivity contribution in [3.05, 3.63) is 11.7 Å². The van der Waals surface area contributed by atoms with Gasteiger partial charge in [-0.3, -0.25) is 9.69 Å². The van der Waals surface area contributed by atoms with Crippen LogP contribution in [0.25, 0.3) is 0 Å². The van der Waals surface area contributed by atoms with E-state index < -0.39 is 5.92 Å². The molecule has 3 unspecified atom stereocenters. The third-order valence-corrected chi connectivity index (χ3v) is 8.61. The van der Waals surface area contributed by atoms with Gasteiger partial charge in [0.05, 0.1) is 44.7 Å². The summed E-state index contributed by atoms with van der Waals surface area (Å²) in [5, 5.41) is 4.37. The molecule has 0 aromatic carbocycles. The van der Waals surface area contributed by atoms with E-state index in [1.807, 2.05) is 23.6 Å². The fourth-order valence-electron chi connectivity index (χ4n) is 6.38. The number of aromatic nitrogens is 2. The molecule has 198 valence electrons. The third-order valence-electron chi connectivity index (χ3n) is 8.61.